The molecule has 21 heavy (non-hydrogen) atoms. The van der Waals surface area contributed by atoms with Crippen LogP contribution >= 0.6 is 0 Å². The smallest absolute Gasteiger partial charge is 0.135 e. The van der Waals surface area contributed by atoms with E-state index in [0.29, 0.717) is 12.5 Å². The summed E-state index contributed by atoms with van der Waals surface area (Å²) in [6.45, 7) is 5.50. The van der Waals surface area contributed by atoms with Gasteiger partial charge in [-0.05, 0) is 17.4 Å². The highest BCUT2D eigenvalue weighted by Gasteiger charge is 2.09. The largest absolute Gasteiger partial charge is 0.492 e. The number of rotatable bonds is 5. The van der Waals surface area contributed by atoms with Crippen LogP contribution in [0.1, 0.15) is 32.3 Å². The van der Waals surface area contributed by atoms with Crippen molar-refractivity contribution in [2.45, 2.75) is 26.7 Å². The lowest BCUT2D eigenvalue weighted by molar-refractivity contribution is 0.240. The molecule has 2 aromatic carbocycles. The van der Waals surface area contributed by atoms with Gasteiger partial charge in [-0.3, -0.25) is 0 Å². The first kappa shape index (κ1) is 15.4. The van der Waals surface area contributed by atoms with E-state index in [0.717, 1.165) is 36.1 Å². The van der Waals surface area contributed by atoms with Crippen molar-refractivity contribution in [2.75, 3.05) is 13.2 Å². The fourth-order valence-corrected chi connectivity index (χ4v) is 2.37. The number of nitrogens with two attached hydrogens (primary N) is 1. The molecule has 0 spiro atoms. The number of ether oxygens (including phenoxy) is 1. The van der Waals surface area contributed by atoms with E-state index in [-0.39, 0.29) is 0 Å². The lowest BCUT2D eigenvalue weighted by Crippen LogP contribution is -2.10. The first-order valence-electron chi connectivity index (χ1n) is 7.63. The van der Waals surface area contributed by atoms with Crippen LogP contribution in [0.3, 0.4) is 0 Å². The summed E-state index contributed by atoms with van der Waals surface area (Å²) in [4.78, 5) is 0. The van der Waals surface area contributed by atoms with Crippen LogP contribution in [0.4, 0.5) is 0 Å². The van der Waals surface area contributed by atoms with Gasteiger partial charge in [-0.1, -0.05) is 68.9 Å². The molecule has 0 aliphatic carbocycles. The molecule has 0 atom stereocenters. The fraction of sp³-hybridized carbons (Fsp3) is 0.368. The van der Waals surface area contributed by atoms with Gasteiger partial charge in [0.1, 0.15) is 5.75 Å². The summed E-state index contributed by atoms with van der Waals surface area (Å²) < 4.78 is 6.04. The van der Waals surface area contributed by atoms with Crippen LogP contribution in [0.5, 0.6) is 5.75 Å². The summed E-state index contributed by atoms with van der Waals surface area (Å²) in [5.41, 5.74) is 6.47. The van der Waals surface area contributed by atoms with Crippen LogP contribution in [0.15, 0.2) is 36.4 Å². The zero-order valence-electron chi connectivity index (χ0n) is 12.9. The number of benzene rings is 2. The maximum absolute atomic E-state index is 6.04. The van der Waals surface area contributed by atoms with E-state index < -0.39 is 0 Å². The molecule has 0 aliphatic heterocycles. The highest BCUT2D eigenvalue weighted by molar-refractivity contribution is 5.90. The molecule has 0 aliphatic rings. The first-order chi connectivity index (χ1) is 10.3. The third-order valence-corrected chi connectivity index (χ3v) is 3.84. The molecule has 2 aromatic rings. The summed E-state index contributed by atoms with van der Waals surface area (Å²) in [5, 5.41) is 2.30. The Hall–Kier alpha value is -1.98. The molecule has 110 valence electrons. The van der Waals surface area contributed by atoms with Crippen LogP contribution in [0.25, 0.3) is 10.8 Å². The molecule has 0 saturated heterocycles. The van der Waals surface area contributed by atoms with Gasteiger partial charge in [-0.2, -0.15) is 0 Å². The predicted molar refractivity (Wildman–Crippen MR) is 89.4 cm³/mol. The fourth-order valence-electron chi connectivity index (χ4n) is 2.37. The van der Waals surface area contributed by atoms with Gasteiger partial charge in [0.2, 0.25) is 0 Å². The van der Waals surface area contributed by atoms with E-state index >= 15 is 0 Å². The topological polar surface area (TPSA) is 35.2 Å². The Morgan fingerprint density at radius 1 is 1.10 bits per heavy atom. The lowest BCUT2D eigenvalue weighted by Gasteiger charge is -2.15. The Labute approximate surface area is 127 Å². The molecule has 0 radical (unpaired) electrons. The third-order valence-electron chi connectivity index (χ3n) is 3.84. The van der Waals surface area contributed by atoms with Crippen molar-refractivity contribution < 1.29 is 4.74 Å². The third kappa shape index (κ3) is 3.77. The molecule has 0 bridgehead atoms. The molecular weight excluding hydrogens is 258 g/mol. The zero-order chi connectivity index (χ0) is 15.1. The standard InChI is InChI=1S/C19H23NO/c1-3-15(4-2)14-21-19-12-11-16-8-5-6-9-17(16)18(19)10-7-13-20/h5-6,8-9,11-12,15H,3-4,13-14,20H2,1-2H3. The highest BCUT2D eigenvalue weighted by atomic mass is 16.5. The van der Waals surface area contributed by atoms with Crippen LogP contribution in [-0.4, -0.2) is 13.2 Å². The number of fused-ring (bicyclic) bond motifs is 1. The van der Waals surface area contributed by atoms with Crippen molar-refractivity contribution in [1.29, 1.82) is 0 Å². The predicted octanol–water partition coefficient (Wildman–Crippen LogP) is 3.97. The molecular formula is C19H23NO. The second kappa shape index (κ2) is 7.71. The molecule has 2 N–H and O–H groups in total. The van der Waals surface area contributed by atoms with E-state index in [9.17, 15) is 0 Å². The minimum absolute atomic E-state index is 0.356. The normalized spacial score (nSPS) is 10.5. The van der Waals surface area contributed by atoms with Crippen molar-refractivity contribution in [3.05, 3.63) is 42.0 Å². The Morgan fingerprint density at radius 2 is 1.86 bits per heavy atom. The van der Waals surface area contributed by atoms with Gasteiger partial charge in [-0.25, -0.2) is 0 Å². The number of hydrogen-bond acceptors (Lipinski definition) is 2. The van der Waals surface area contributed by atoms with Gasteiger partial charge in [0.25, 0.3) is 0 Å². The summed E-state index contributed by atoms with van der Waals surface area (Å²) in [7, 11) is 0. The average Bonchev–Trinajstić information content (AvgIpc) is 2.54. The van der Waals surface area contributed by atoms with E-state index in [4.69, 9.17) is 10.5 Å². The van der Waals surface area contributed by atoms with Gasteiger partial charge in [0, 0.05) is 5.39 Å². The molecule has 0 saturated carbocycles. The van der Waals surface area contributed by atoms with E-state index in [1.54, 1.807) is 0 Å². The molecule has 2 heteroatoms. The summed E-state index contributed by atoms with van der Waals surface area (Å²) in [6.07, 6.45) is 2.27. The van der Waals surface area contributed by atoms with Gasteiger partial charge in [0.05, 0.1) is 18.7 Å². The van der Waals surface area contributed by atoms with Gasteiger partial charge >= 0.3 is 0 Å². The van der Waals surface area contributed by atoms with Crippen molar-refractivity contribution in [2.24, 2.45) is 11.7 Å². The maximum atomic E-state index is 6.04. The molecule has 0 unspecified atom stereocenters. The lowest BCUT2D eigenvalue weighted by atomic mass is 10.0. The van der Waals surface area contributed by atoms with Gasteiger partial charge < -0.3 is 10.5 Å². The van der Waals surface area contributed by atoms with Crippen LogP contribution < -0.4 is 10.5 Å². The van der Waals surface area contributed by atoms with Crippen molar-refractivity contribution in [3.63, 3.8) is 0 Å². The van der Waals surface area contributed by atoms with Gasteiger partial charge in [-0.15, -0.1) is 0 Å². The van der Waals surface area contributed by atoms with Crippen LogP contribution in [-0.2, 0) is 0 Å². The Bertz CT molecular complexity index is 647. The Morgan fingerprint density at radius 3 is 2.57 bits per heavy atom. The molecule has 2 nitrogen and oxygen atoms in total. The van der Waals surface area contributed by atoms with Crippen molar-refractivity contribution in [3.8, 4) is 17.6 Å². The Balaban J connectivity index is 2.38. The zero-order valence-corrected chi connectivity index (χ0v) is 12.9. The highest BCUT2D eigenvalue weighted by Crippen LogP contribution is 2.28. The minimum atomic E-state index is 0.356. The maximum Gasteiger partial charge on any atom is 0.135 e. The molecule has 0 heterocycles. The monoisotopic (exact) mass is 281 g/mol. The van der Waals surface area contributed by atoms with Crippen molar-refractivity contribution in [1.82, 2.24) is 0 Å². The van der Waals surface area contributed by atoms with E-state index in [1.807, 2.05) is 18.2 Å². The quantitative estimate of drug-likeness (QED) is 0.842. The summed E-state index contributed by atoms with van der Waals surface area (Å²) in [5.74, 6) is 7.58. The van der Waals surface area contributed by atoms with Crippen LogP contribution in [0, 0.1) is 17.8 Å². The van der Waals surface area contributed by atoms with Crippen molar-refractivity contribution >= 4 is 10.8 Å². The second-order valence-electron chi connectivity index (χ2n) is 5.16. The average molecular weight is 281 g/mol. The molecule has 0 aromatic heterocycles. The molecule has 0 amide bonds. The van der Waals surface area contributed by atoms with E-state index in [1.165, 1.54) is 5.39 Å². The Kier molecular flexibility index (Phi) is 5.66. The first-order valence-corrected chi connectivity index (χ1v) is 7.63. The number of hydrogen-bond donors (Lipinski definition) is 1. The second-order valence-corrected chi connectivity index (χ2v) is 5.16. The van der Waals surface area contributed by atoms with Gasteiger partial charge in [0.15, 0.2) is 0 Å². The molecule has 2 rings (SSSR count). The minimum Gasteiger partial charge on any atom is -0.492 e. The van der Waals surface area contributed by atoms with E-state index in [2.05, 4.69) is 43.9 Å². The summed E-state index contributed by atoms with van der Waals surface area (Å²) >= 11 is 0. The summed E-state index contributed by atoms with van der Waals surface area (Å²) in [6, 6.07) is 12.3. The SMILES string of the molecule is CCC(CC)COc1ccc2ccccc2c1C#CCN. The molecule has 0 fully saturated rings. The van der Waals surface area contributed by atoms with Crippen LogP contribution in [0.2, 0.25) is 0 Å².